The van der Waals surface area contributed by atoms with Crippen molar-refractivity contribution in [1.29, 1.82) is 5.41 Å². The highest BCUT2D eigenvalue weighted by Crippen LogP contribution is 2.33. The Bertz CT molecular complexity index is 484. The Morgan fingerprint density at radius 3 is 2.69 bits per heavy atom. The van der Waals surface area contributed by atoms with E-state index in [1.54, 1.807) is 0 Å². The molecule has 16 heavy (non-hydrogen) atoms. The van der Waals surface area contributed by atoms with Crippen molar-refractivity contribution in [1.82, 2.24) is 0 Å². The first-order chi connectivity index (χ1) is 7.47. The van der Waals surface area contributed by atoms with Crippen molar-refractivity contribution in [3.05, 3.63) is 34.9 Å². The summed E-state index contributed by atoms with van der Waals surface area (Å²) >= 11 is 0. The highest BCUT2D eigenvalue weighted by atomic mass is 14.9. The lowest BCUT2D eigenvalue weighted by Gasteiger charge is -2.25. The summed E-state index contributed by atoms with van der Waals surface area (Å²) in [7, 11) is 0. The van der Waals surface area contributed by atoms with Crippen molar-refractivity contribution in [2.45, 2.75) is 32.6 Å². The molecule has 0 fully saturated rings. The van der Waals surface area contributed by atoms with E-state index in [4.69, 9.17) is 11.1 Å². The Balaban J connectivity index is 2.66. The van der Waals surface area contributed by atoms with E-state index in [1.807, 2.05) is 12.1 Å². The number of nitrogens with two attached hydrogens (primary N) is 1. The molecule has 84 valence electrons. The number of fused-ring (bicyclic) bond motifs is 1. The maximum Gasteiger partial charge on any atom is 0.155 e. The van der Waals surface area contributed by atoms with Crippen LogP contribution in [0.15, 0.2) is 23.2 Å². The molecule has 1 aliphatic heterocycles. The second kappa shape index (κ2) is 3.44. The van der Waals surface area contributed by atoms with E-state index in [1.165, 1.54) is 5.56 Å². The minimum absolute atomic E-state index is 0.0534. The molecule has 1 heterocycles. The number of nitrogens with one attached hydrogen (secondary N) is 1. The molecule has 3 N–H and O–H groups in total. The summed E-state index contributed by atoms with van der Waals surface area (Å²) in [5.41, 5.74) is 8.84. The highest BCUT2D eigenvalue weighted by Gasteiger charge is 2.28. The number of aliphatic imine (C=N–C) groups is 1. The van der Waals surface area contributed by atoms with Crippen LogP contribution in [0.3, 0.4) is 0 Å². The maximum absolute atomic E-state index is 7.89. The van der Waals surface area contributed by atoms with Crippen molar-refractivity contribution in [2.75, 3.05) is 0 Å². The van der Waals surface area contributed by atoms with Gasteiger partial charge in [0.05, 0.1) is 0 Å². The molecule has 1 aromatic rings. The van der Waals surface area contributed by atoms with Crippen molar-refractivity contribution in [3.8, 4) is 0 Å². The molecule has 0 saturated heterocycles. The SMILES string of the molecule is CCC(C)(C)c1cccc2c1C(=N)N=C2N. The van der Waals surface area contributed by atoms with E-state index in [0.717, 1.165) is 17.5 Å². The highest BCUT2D eigenvalue weighted by molar-refractivity contribution is 6.21. The van der Waals surface area contributed by atoms with Gasteiger partial charge >= 0.3 is 0 Å². The lowest BCUT2D eigenvalue weighted by Crippen LogP contribution is -2.20. The minimum Gasteiger partial charge on any atom is -0.383 e. The molecule has 0 atom stereocenters. The number of benzene rings is 1. The van der Waals surface area contributed by atoms with Gasteiger partial charge < -0.3 is 5.73 Å². The van der Waals surface area contributed by atoms with Gasteiger partial charge in [-0.2, -0.15) is 0 Å². The molecule has 0 amide bonds. The van der Waals surface area contributed by atoms with Crippen molar-refractivity contribution in [2.24, 2.45) is 10.7 Å². The van der Waals surface area contributed by atoms with E-state index in [-0.39, 0.29) is 5.41 Å². The van der Waals surface area contributed by atoms with Crippen LogP contribution >= 0.6 is 0 Å². The van der Waals surface area contributed by atoms with Crippen LogP contribution in [0.2, 0.25) is 0 Å². The van der Waals surface area contributed by atoms with Crippen LogP contribution in [0.25, 0.3) is 0 Å². The lowest BCUT2D eigenvalue weighted by molar-refractivity contribution is 0.505. The maximum atomic E-state index is 7.89. The number of rotatable bonds is 2. The Morgan fingerprint density at radius 1 is 1.38 bits per heavy atom. The third-order valence-electron chi connectivity index (χ3n) is 3.42. The van der Waals surface area contributed by atoms with Crippen LogP contribution in [0.5, 0.6) is 0 Å². The first kappa shape index (κ1) is 10.9. The van der Waals surface area contributed by atoms with Gasteiger partial charge in [-0.25, -0.2) is 4.99 Å². The van der Waals surface area contributed by atoms with Gasteiger partial charge in [0.15, 0.2) is 5.84 Å². The van der Waals surface area contributed by atoms with E-state index in [2.05, 4.69) is 31.8 Å². The third-order valence-corrected chi connectivity index (χ3v) is 3.42. The normalized spacial score (nSPS) is 14.9. The van der Waals surface area contributed by atoms with Crippen LogP contribution in [0.4, 0.5) is 0 Å². The topological polar surface area (TPSA) is 62.2 Å². The van der Waals surface area contributed by atoms with Crippen molar-refractivity contribution in [3.63, 3.8) is 0 Å². The van der Waals surface area contributed by atoms with Gasteiger partial charge in [0.25, 0.3) is 0 Å². The number of hydrogen-bond donors (Lipinski definition) is 2. The minimum atomic E-state index is 0.0534. The van der Waals surface area contributed by atoms with Crippen LogP contribution in [-0.2, 0) is 5.41 Å². The lowest BCUT2D eigenvalue weighted by atomic mass is 9.78. The third kappa shape index (κ3) is 1.43. The number of amidine groups is 2. The van der Waals surface area contributed by atoms with Crippen LogP contribution in [-0.4, -0.2) is 11.7 Å². The monoisotopic (exact) mass is 215 g/mol. The number of hydrogen-bond acceptors (Lipinski definition) is 2. The average molecular weight is 215 g/mol. The van der Waals surface area contributed by atoms with Gasteiger partial charge in [0.2, 0.25) is 0 Å². The molecule has 0 radical (unpaired) electrons. The molecule has 2 rings (SSSR count). The molecule has 0 bridgehead atoms. The summed E-state index contributed by atoms with van der Waals surface area (Å²) in [4.78, 5) is 4.04. The van der Waals surface area contributed by atoms with Gasteiger partial charge in [-0.05, 0) is 17.4 Å². The molecule has 0 spiro atoms. The van der Waals surface area contributed by atoms with Gasteiger partial charge in [0, 0.05) is 11.1 Å². The summed E-state index contributed by atoms with van der Waals surface area (Å²) in [6.45, 7) is 6.52. The van der Waals surface area contributed by atoms with Crippen LogP contribution < -0.4 is 5.73 Å². The average Bonchev–Trinajstić information content (AvgIpc) is 2.55. The Labute approximate surface area is 95.9 Å². The fourth-order valence-electron chi connectivity index (χ4n) is 2.01. The quantitative estimate of drug-likeness (QED) is 0.782. The smallest absolute Gasteiger partial charge is 0.155 e. The molecule has 0 aliphatic carbocycles. The molecule has 3 heteroatoms. The Hall–Kier alpha value is -1.64. The number of nitrogens with zero attached hydrogens (tertiary/aromatic N) is 1. The van der Waals surface area contributed by atoms with E-state index >= 15 is 0 Å². The fraction of sp³-hybridized carbons (Fsp3) is 0.385. The van der Waals surface area contributed by atoms with Gasteiger partial charge in [-0.3, -0.25) is 5.41 Å². The standard InChI is InChI=1S/C13H17N3/c1-4-13(2,3)9-7-5-6-8-10(9)12(15)16-11(8)14/h5-7H,4H2,1-3H3,(H3,14,15,16). The summed E-state index contributed by atoms with van der Waals surface area (Å²) in [6.07, 6.45) is 1.02. The summed E-state index contributed by atoms with van der Waals surface area (Å²) < 4.78 is 0. The largest absolute Gasteiger partial charge is 0.383 e. The summed E-state index contributed by atoms with van der Waals surface area (Å²) in [5.74, 6) is 0.762. The summed E-state index contributed by atoms with van der Waals surface area (Å²) in [5, 5.41) is 7.89. The predicted molar refractivity (Wildman–Crippen MR) is 67.3 cm³/mol. The first-order valence-electron chi connectivity index (χ1n) is 5.54. The molecular formula is C13H17N3. The van der Waals surface area contributed by atoms with Gasteiger partial charge in [-0.15, -0.1) is 0 Å². The van der Waals surface area contributed by atoms with E-state index in [9.17, 15) is 0 Å². The van der Waals surface area contributed by atoms with Crippen LogP contribution in [0, 0.1) is 5.41 Å². The molecule has 3 nitrogen and oxygen atoms in total. The zero-order valence-electron chi connectivity index (χ0n) is 9.96. The molecule has 1 aromatic carbocycles. The second-order valence-electron chi connectivity index (χ2n) is 4.81. The van der Waals surface area contributed by atoms with Gasteiger partial charge in [-0.1, -0.05) is 39.0 Å². The molecule has 1 aliphatic rings. The van der Waals surface area contributed by atoms with E-state index in [0.29, 0.717) is 11.7 Å². The van der Waals surface area contributed by atoms with E-state index < -0.39 is 0 Å². The Morgan fingerprint density at radius 2 is 2.06 bits per heavy atom. The predicted octanol–water partition coefficient (Wildman–Crippen LogP) is 2.42. The first-order valence-corrected chi connectivity index (χ1v) is 5.54. The molecule has 0 unspecified atom stereocenters. The van der Waals surface area contributed by atoms with Crippen molar-refractivity contribution >= 4 is 11.7 Å². The zero-order valence-corrected chi connectivity index (χ0v) is 9.96. The van der Waals surface area contributed by atoms with Crippen molar-refractivity contribution < 1.29 is 0 Å². The fourth-order valence-corrected chi connectivity index (χ4v) is 2.01. The zero-order chi connectivity index (χ0) is 11.9. The molecule has 0 saturated carbocycles. The summed E-state index contributed by atoms with van der Waals surface area (Å²) in [6, 6.07) is 6.00. The Kier molecular flexibility index (Phi) is 2.34. The van der Waals surface area contributed by atoms with Crippen LogP contribution in [0.1, 0.15) is 43.9 Å². The second-order valence-corrected chi connectivity index (χ2v) is 4.81. The molecular weight excluding hydrogens is 198 g/mol. The van der Waals surface area contributed by atoms with Gasteiger partial charge in [0.1, 0.15) is 5.84 Å². The molecule has 0 aromatic heterocycles.